The highest BCUT2D eigenvalue weighted by Crippen LogP contribution is 2.75. The van der Waals surface area contributed by atoms with Gasteiger partial charge < -0.3 is 18.1 Å². The van der Waals surface area contributed by atoms with E-state index in [0.29, 0.717) is 0 Å². The highest BCUT2D eigenvalue weighted by molar-refractivity contribution is 7.79. The normalized spacial score (nSPS) is 12.2. The van der Waals surface area contributed by atoms with Crippen LogP contribution in [0.25, 0.3) is 5.70 Å². The van der Waals surface area contributed by atoms with Crippen molar-refractivity contribution >= 4 is 33.1 Å². The van der Waals surface area contributed by atoms with Gasteiger partial charge in [0.1, 0.15) is 0 Å². The minimum absolute atomic E-state index is 0.0425. The van der Waals surface area contributed by atoms with Crippen LogP contribution in [0, 0.1) is 4.77 Å². The molecule has 0 unspecified atom stereocenters. The molecule has 0 spiro atoms. The molecule has 12 heteroatoms. The van der Waals surface area contributed by atoms with Crippen LogP contribution >= 0.6 is 27.4 Å². The van der Waals surface area contributed by atoms with Crippen molar-refractivity contribution in [3.63, 3.8) is 0 Å². The average molecular weight is 454 g/mol. The fourth-order valence-corrected chi connectivity index (χ4v) is 7.86. The van der Waals surface area contributed by atoms with E-state index in [1.807, 2.05) is 0 Å². The first-order chi connectivity index (χ1) is 13.2. The minimum Gasteiger partial charge on any atom is -0.305 e. The lowest BCUT2D eigenvalue weighted by Crippen LogP contribution is -2.14. The fourth-order valence-electron chi connectivity index (χ4n) is 2.53. The largest absolute Gasteiger partial charge is 0.371 e. The van der Waals surface area contributed by atoms with Crippen molar-refractivity contribution in [3.05, 3.63) is 32.4 Å². The molecule has 0 aliphatic rings. The molecule has 1 rings (SSSR count). The Hall–Kier alpha value is -0.860. The molecule has 28 heavy (non-hydrogen) atoms. The molecule has 0 radical (unpaired) electrons. The smallest absolute Gasteiger partial charge is 0.305 e. The van der Waals surface area contributed by atoms with E-state index in [4.69, 9.17) is 30.3 Å². The maximum Gasteiger partial charge on any atom is 0.371 e. The molecule has 0 aromatic carbocycles. The molecule has 0 saturated carbocycles. The number of nitrogens with zero attached hydrogens (tertiary/aromatic N) is 1. The molecular weight excluding hydrogens is 426 g/mol. The Morgan fingerprint density at radius 1 is 0.964 bits per heavy atom. The Balaban J connectivity index is 4.02. The van der Waals surface area contributed by atoms with Crippen LogP contribution in [-0.4, -0.2) is 36.0 Å². The van der Waals surface area contributed by atoms with E-state index in [0.717, 1.165) is 0 Å². The van der Waals surface area contributed by atoms with Crippen LogP contribution in [0.1, 0.15) is 41.0 Å². The van der Waals surface area contributed by atoms with Gasteiger partial charge in [-0.3, -0.25) is 23.5 Å². The predicted octanol–water partition coefficient (Wildman–Crippen LogP) is 4.97. The van der Waals surface area contributed by atoms with Crippen molar-refractivity contribution in [2.24, 2.45) is 0 Å². The maximum atomic E-state index is 13.7. The molecule has 0 aliphatic carbocycles. The Morgan fingerprint density at radius 3 is 1.71 bits per heavy atom. The number of hydrogen-bond acceptors (Lipinski definition) is 8. The molecule has 0 amide bonds. The molecular formula is C16H28N2O7P2S. The summed E-state index contributed by atoms with van der Waals surface area (Å²) in [6.45, 7) is 8.53. The lowest BCUT2D eigenvalue weighted by Gasteiger charge is -2.28. The average Bonchev–Trinajstić information content (AvgIpc) is 2.60. The Morgan fingerprint density at radius 2 is 1.39 bits per heavy atom. The van der Waals surface area contributed by atoms with Crippen LogP contribution in [0.3, 0.4) is 0 Å². The van der Waals surface area contributed by atoms with Crippen LogP contribution in [0.5, 0.6) is 0 Å². The number of H-pyrrole nitrogens is 1. The third-order valence-electron chi connectivity index (χ3n) is 3.42. The summed E-state index contributed by atoms with van der Waals surface area (Å²) in [5, 5.41) is -0.210. The summed E-state index contributed by atoms with van der Waals surface area (Å²) >= 11 is 5.24. The van der Waals surface area contributed by atoms with Crippen molar-refractivity contribution < 1.29 is 27.2 Å². The molecule has 9 nitrogen and oxygen atoms in total. The van der Waals surface area contributed by atoms with Gasteiger partial charge in [-0.25, -0.2) is 0 Å². The van der Waals surface area contributed by atoms with Gasteiger partial charge in [0.25, 0.3) is 5.56 Å². The Kier molecular flexibility index (Phi) is 10.2. The summed E-state index contributed by atoms with van der Waals surface area (Å²) in [6, 6.07) is 1.25. The summed E-state index contributed by atoms with van der Waals surface area (Å²) in [7, 11) is -8.15. The van der Waals surface area contributed by atoms with Gasteiger partial charge in [-0.2, -0.15) is 0 Å². The molecule has 0 atom stereocenters. The van der Waals surface area contributed by atoms with Gasteiger partial charge in [0.15, 0.2) is 9.83 Å². The fraction of sp³-hybridized carbons (Fsp3) is 0.625. The van der Waals surface area contributed by atoms with Crippen LogP contribution in [0.4, 0.5) is 0 Å². The second-order valence-electron chi connectivity index (χ2n) is 5.27. The Labute approximate surface area is 170 Å². The highest BCUT2D eigenvalue weighted by Gasteiger charge is 2.47. The number of nitrogens with one attached hydrogen (secondary N) is 1. The molecule has 160 valence electrons. The molecule has 0 aliphatic heterocycles. The van der Waals surface area contributed by atoms with Crippen molar-refractivity contribution in [1.29, 1.82) is 0 Å². The third kappa shape index (κ3) is 5.83. The van der Waals surface area contributed by atoms with Gasteiger partial charge >= 0.3 is 15.2 Å². The number of aromatic nitrogens is 2. The van der Waals surface area contributed by atoms with E-state index in [2.05, 4.69) is 4.98 Å². The topological polar surface area (TPSA) is 109 Å². The van der Waals surface area contributed by atoms with Crippen LogP contribution in [-0.2, 0) is 27.2 Å². The summed E-state index contributed by atoms with van der Waals surface area (Å²) in [5.41, 5.74) is -0.134. The monoisotopic (exact) mass is 454 g/mol. The summed E-state index contributed by atoms with van der Waals surface area (Å²) < 4.78 is 50.7. The zero-order valence-corrected chi connectivity index (χ0v) is 19.4. The van der Waals surface area contributed by atoms with E-state index < -0.39 is 20.8 Å². The lowest BCUT2D eigenvalue weighted by atomic mass is 10.4. The summed E-state index contributed by atoms with van der Waals surface area (Å²) in [6.07, 6.45) is 1.65. The van der Waals surface area contributed by atoms with E-state index in [-0.39, 0.29) is 48.4 Å². The van der Waals surface area contributed by atoms with E-state index >= 15 is 0 Å². The van der Waals surface area contributed by atoms with Gasteiger partial charge in [-0.05, 0) is 46.3 Å². The molecule has 1 aromatic rings. The quantitative estimate of drug-likeness (QED) is 0.348. The molecule has 1 aromatic heterocycles. The molecule has 0 bridgehead atoms. The molecule has 0 saturated heterocycles. The lowest BCUT2D eigenvalue weighted by molar-refractivity contribution is 0.214. The van der Waals surface area contributed by atoms with Gasteiger partial charge in [-0.15, -0.1) is 0 Å². The van der Waals surface area contributed by atoms with Crippen LogP contribution in [0.2, 0.25) is 0 Å². The summed E-state index contributed by atoms with van der Waals surface area (Å²) in [5.74, 6) is 0. The highest BCUT2D eigenvalue weighted by atomic mass is 32.1. The molecule has 1 N–H and O–H groups in total. The number of allylic oxidation sites excluding steroid dienone is 1. The van der Waals surface area contributed by atoms with Crippen molar-refractivity contribution in [3.8, 4) is 0 Å². The molecule has 1 heterocycles. The van der Waals surface area contributed by atoms with Gasteiger partial charge in [0.05, 0.1) is 26.4 Å². The number of rotatable bonds is 12. The van der Waals surface area contributed by atoms with Crippen LogP contribution < -0.4 is 5.56 Å². The zero-order chi connectivity index (χ0) is 21.4. The molecule has 0 fully saturated rings. The second-order valence-corrected chi connectivity index (χ2v) is 9.93. The van der Waals surface area contributed by atoms with Crippen molar-refractivity contribution in [2.75, 3.05) is 26.4 Å². The van der Waals surface area contributed by atoms with Crippen molar-refractivity contribution in [1.82, 2.24) is 9.55 Å². The van der Waals surface area contributed by atoms with Crippen LogP contribution in [0.15, 0.2) is 22.1 Å². The third-order valence-corrected chi connectivity index (χ3v) is 9.14. The first-order valence-electron chi connectivity index (χ1n) is 9.07. The first kappa shape index (κ1) is 25.2. The van der Waals surface area contributed by atoms with E-state index in [1.165, 1.54) is 16.8 Å². The van der Waals surface area contributed by atoms with Gasteiger partial charge in [0, 0.05) is 18.0 Å². The minimum atomic E-state index is -4.07. The first-order valence-corrected chi connectivity index (χ1v) is 12.6. The van der Waals surface area contributed by atoms with E-state index in [1.54, 1.807) is 34.6 Å². The van der Waals surface area contributed by atoms with Crippen molar-refractivity contribution in [2.45, 2.75) is 41.0 Å². The standard InChI is InChI=1S/C16H28N2O7P2S/c1-6-13(18-12-11-14(19)17-16(18)28)15(26(20,22-7-2)23-8-3)27(21,24-9-4)25-10-5/h11-12H,6-10H2,1-5H3,(H,17,19,28). The SMILES string of the molecule is CCOP(=O)(OCC)C(=C(CC)n1ccc(=O)[nH]c1=S)P(=O)(OCC)OCC. The number of aromatic amines is 1. The Bertz CT molecular complexity index is 841. The number of hydrogen-bond donors (Lipinski definition) is 1. The van der Waals surface area contributed by atoms with E-state index in [9.17, 15) is 13.9 Å². The maximum absolute atomic E-state index is 13.7. The predicted molar refractivity (Wildman–Crippen MR) is 111 cm³/mol. The van der Waals surface area contributed by atoms with Gasteiger partial charge in [-0.1, -0.05) is 6.92 Å². The van der Waals surface area contributed by atoms with Gasteiger partial charge in [0.2, 0.25) is 0 Å². The zero-order valence-electron chi connectivity index (χ0n) is 16.8. The summed E-state index contributed by atoms with van der Waals surface area (Å²) in [4.78, 5) is 14.1. The second kappa shape index (κ2) is 11.4.